The quantitative estimate of drug-likeness (QED) is 0.419. The zero-order valence-corrected chi connectivity index (χ0v) is 19.8. The van der Waals surface area contributed by atoms with Crippen LogP contribution in [0, 0.1) is 0 Å². The number of rotatable bonds is 7. The molecular formula is C24H25Cl2N5O2. The number of nitrogens with one attached hydrogen (secondary N) is 2. The highest BCUT2D eigenvalue weighted by atomic mass is 35.5. The van der Waals surface area contributed by atoms with Crippen LogP contribution in [0.5, 0.6) is 5.75 Å². The van der Waals surface area contributed by atoms with Crippen LogP contribution in [0.4, 0.5) is 17.2 Å². The van der Waals surface area contributed by atoms with E-state index in [1.165, 1.54) is 25.6 Å². The Balaban J connectivity index is 1.55. The van der Waals surface area contributed by atoms with Gasteiger partial charge in [-0.1, -0.05) is 35.7 Å². The van der Waals surface area contributed by atoms with Gasteiger partial charge in [0.25, 0.3) is 0 Å². The third kappa shape index (κ3) is 5.93. The number of piperidine rings is 1. The number of carbonyl (C=O) groups excluding carboxylic acids is 1. The molecule has 0 unspecified atom stereocenters. The molecule has 0 spiro atoms. The molecule has 172 valence electrons. The van der Waals surface area contributed by atoms with Crippen molar-refractivity contribution < 1.29 is 9.53 Å². The SMILES string of the molecule is COc1cc2ncnc(Nc3ccc(Cl)c(Cl)c3)c2cc1NC(=O)C=CCN1CCCCC1. The van der Waals surface area contributed by atoms with E-state index in [1.807, 2.05) is 12.1 Å². The average Bonchev–Trinajstić information content (AvgIpc) is 2.82. The first-order valence-electron chi connectivity index (χ1n) is 10.8. The van der Waals surface area contributed by atoms with Crippen molar-refractivity contribution in [3.8, 4) is 5.75 Å². The molecule has 2 N–H and O–H groups in total. The third-order valence-electron chi connectivity index (χ3n) is 5.48. The monoisotopic (exact) mass is 485 g/mol. The van der Waals surface area contributed by atoms with Crippen LogP contribution in [0.2, 0.25) is 10.0 Å². The Morgan fingerprint density at radius 1 is 1.12 bits per heavy atom. The number of carbonyl (C=O) groups is 1. The molecule has 0 atom stereocenters. The Kier molecular flexibility index (Phi) is 7.65. The number of anilines is 3. The molecule has 1 aliphatic rings. The summed E-state index contributed by atoms with van der Waals surface area (Å²) in [5.41, 5.74) is 1.93. The van der Waals surface area contributed by atoms with Crippen molar-refractivity contribution in [2.24, 2.45) is 0 Å². The number of nitrogens with zero attached hydrogens (tertiary/aromatic N) is 3. The lowest BCUT2D eigenvalue weighted by atomic mass is 10.1. The van der Waals surface area contributed by atoms with E-state index in [4.69, 9.17) is 27.9 Å². The van der Waals surface area contributed by atoms with Gasteiger partial charge in [0.15, 0.2) is 0 Å². The molecule has 2 heterocycles. The van der Waals surface area contributed by atoms with Gasteiger partial charge in [0.2, 0.25) is 5.91 Å². The fourth-order valence-electron chi connectivity index (χ4n) is 3.79. The van der Waals surface area contributed by atoms with E-state index in [0.29, 0.717) is 32.8 Å². The smallest absolute Gasteiger partial charge is 0.248 e. The Morgan fingerprint density at radius 2 is 1.94 bits per heavy atom. The fraction of sp³-hybridized carbons (Fsp3) is 0.292. The van der Waals surface area contributed by atoms with Crippen LogP contribution in [0.15, 0.2) is 48.8 Å². The molecule has 0 aliphatic carbocycles. The van der Waals surface area contributed by atoms with Gasteiger partial charge in [-0.25, -0.2) is 9.97 Å². The lowest BCUT2D eigenvalue weighted by Crippen LogP contribution is -2.29. The van der Waals surface area contributed by atoms with Crippen LogP contribution in [-0.4, -0.2) is 47.5 Å². The van der Waals surface area contributed by atoms with Crippen LogP contribution in [0.3, 0.4) is 0 Å². The lowest BCUT2D eigenvalue weighted by Gasteiger charge is -2.24. The molecule has 0 radical (unpaired) electrons. The van der Waals surface area contributed by atoms with E-state index < -0.39 is 0 Å². The molecule has 1 aromatic heterocycles. The molecule has 1 amide bonds. The normalized spacial score (nSPS) is 14.5. The van der Waals surface area contributed by atoms with Gasteiger partial charge in [0, 0.05) is 29.8 Å². The summed E-state index contributed by atoms with van der Waals surface area (Å²) >= 11 is 12.1. The molecule has 0 saturated carbocycles. The van der Waals surface area contributed by atoms with Crippen LogP contribution in [-0.2, 0) is 4.79 Å². The summed E-state index contributed by atoms with van der Waals surface area (Å²) in [4.78, 5) is 23.6. The number of aromatic nitrogens is 2. The first-order valence-corrected chi connectivity index (χ1v) is 11.5. The number of benzene rings is 2. The van der Waals surface area contributed by atoms with Crippen LogP contribution in [0.1, 0.15) is 19.3 Å². The van der Waals surface area contributed by atoms with E-state index in [1.54, 1.807) is 37.5 Å². The maximum absolute atomic E-state index is 12.6. The number of hydrogen-bond donors (Lipinski definition) is 2. The predicted molar refractivity (Wildman–Crippen MR) is 134 cm³/mol. The van der Waals surface area contributed by atoms with Crippen molar-refractivity contribution in [2.45, 2.75) is 19.3 Å². The van der Waals surface area contributed by atoms with Crippen LogP contribution < -0.4 is 15.4 Å². The summed E-state index contributed by atoms with van der Waals surface area (Å²) in [6, 6.07) is 8.80. The summed E-state index contributed by atoms with van der Waals surface area (Å²) in [7, 11) is 1.55. The topological polar surface area (TPSA) is 79.4 Å². The number of ether oxygens (including phenoxy) is 1. The summed E-state index contributed by atoms with van der Waals surface area (Å²) in [5, 5.41) is 7.77. The van der Waals surface area contributed by atoms with Crippen molar-refractivity contribution >= 4 is 57.2 Å². The van der Waals surface area contributed by atoms with Gasteiger partial charge in [-0.3, -0.25) is 9.69 Å². The maximum atomic E-state index is 12.6. The van der Waals surface area contributed by atoms with Gasteiger partial charge in [-0.15, -0.1) is 0 Å². The molecule has 1 fully saturated rings. The number of methoxy groups -OCH3 is 1. The molecule has 2 aromatic carbocycles. The van der Waals surface area contributed by atoms with Gasteiger partial charge < -0.3 is 15.4 Å². The Morgan fingerprint density at radius 3 is 2.70 bits per heavy atom. The largest absolute Gasteiger partial charge is 0.494 e. The highest BCUT2D eigenvalue weighted by Gasteiger charge is 2.13. The van der Waals surface area contributed by atoms with Crippen LogP contribution >= 0.6 is 23.2 Å². The summed E-state index contributed by atoms with van der Waals surface area (Å²) in [5.74, 6) is 0.858. The Hall–Kier alpha value is -2.87. The number of likely N-dealkylation sites (tertiary alicyclic amines) is 1. The van der Waals surface area contributed by atoms with Crippen molar-refractivity contribution in [1.29, 1.82) is 0 Å². The van der Waals surface area contributed by atoms with E-state index in [2.05, 4.69) is 25.5 Å². The minimum atomic E-state index is -0.222. The molecular weight excluding hydrogens is 461 g/mol. The first kappa shape index (κ1) is 23.3. The second kappa shape index (κ2) is 10.8. The summed E-state index contributed by atoms with van der Waals surface area (Å²) in [6.07, 6.45) is 8.64. The Bertz CT molecular complexity index is 1180. The zero-order chi connectivity index (χ0) is 23.2. The first-order chi connectivity index (χ1) is 16.0. The van der Waals surface area contributed by atoms with E-state index in [-0.39, 0.29) is 5.91 Å². The lowest BCUT2D eigenvalue weighted by molar-refractivity contribution is -0.111. The second-order valence-electron chi connectivity index (χ2n) is 7.80. The summed E-state index contributed by atoms with van der Waals surface area (Å²) < 4.78 is 5.48. The minimum absolute atomic E-state index is 0.222. The van der Waals surface area contributed by atoms with E-state index in [9.17, 15) is 4.79 Å². The average molecular weight is 486 g/mol. The van der Waals surface area contributed by atoms with Gasteiger partial charge >= 0.3 is 0 Å². The number of amides is 1. The van der Waals surface area contributed by atoms with Crippen molar-refractivity contribution in [3.63, 3.8) is 0 Å². The fourth-order valence-corrected chi connectivity index (χ4v) is 4.08. The molecule has 4 rings (SSSR count). The molecule has 33 heavy (non-hydrogen) atoms. The third-order valence-corrected chi connectivity index (χ3v) is 6.22. The molecule has 1 aliphatic heterocycles. The highest BCUT2D eigenvalue weighted by Crippen LogP contribution is 2.34. The second-order valence-corrected chi connectivity index (χ2v) is 8.61. The van der Waals surface area contributed by atoms with Gasteiger partial charge in [0.05, 0.1) is 28.4 Å². The molecule has 9 heteroatoms. The van der Waals surface area contributed by atoms with E-state index >= 15 is 0 Å². The minimum Gasteiger partial charge on any atom is -0.494 e. The molecule has 0 bridgehead atoms. The van der Waals surface area contributed by atoms with Gasteiger partial charge in [-0.05, 0) is 50.2 Å². The number of fused-ring (bicyclic) bond motifs is 1. The van der Waals surface area contributed by atoms with Gasteiger partial charge in [-0.2, -0.15) is 0 Å². The van der Waals surface area contributed by atoms with Crippen molar-refractivity contribution in [2.75, 3.05) is 37.4 Å². The molecule has 1 saturated heterocycles. The number of halogens is 2. The van der Waals surface area contributed by atoms with Crippen molar-refractivity contribution in [3.05, 3.63) is 58.9 Å². The molecule has 3 aromatic rings. The highest BCUT2D eigenvalue weighted by molar-refractivity contribution is 6.42. The molecule has 7 nitrogen and oxygen atoms in total. The van der Waals surface area contributed by atoms with E-state index in [0.717, 1.165) is 30.7 Å². The van der Waals surface area contributed by atoms with Crippen LogP contribution in [0.25, 0.3) is 10.9 Å². The maximum Gasteiger partial charge on any atom is 0.248 e. The summed E-state index contributed by atoms with van der Waals surface area (Å²) in [6.45, 7) is 2.94. The number of hydrogen-bond acceptors (Lipinski definition) is 6. The standard InChI is InChI=1S/C24H25Cl2N5O2/c1-33-22-14-20-17(24(28-15-27-20)29-16-7-8-18(25)19(26)12-16)13-21(22)30-23(32)6-5-11-31-9-3-2-4-10-31/h5-8,12-15H,2-4,9-11H2,1H3,(H,30,32)(H,27,28,29). The van der Waals surface area contributed by atoms with Gasteiger partial charge in [0.1, 0.15) is 17.9 Å². The van der Waals surface area contributed by atoms with Crippen molar-refractivity contribution in [1.82, 2.24) is 14.9 Å². The Labute approximate surface area is 202 Å². The zero-order valence-electron chi connectivity index (χ0n) is 18.3. The predicted octanol–water partition coefficient (Wildman–Crippen LogP) is 5.67.